The molecule has 1 aromatic carbocycles. The zero-order chi connectivity index (χ0) is 18.2. The van der Waals surface area contributed by atoms with Crippen molar-refractivity contribution in [3.05, 3.63) is 28.8 Å². The number of ether oxygens (including phenoxy) is 2. The first kappa shape index (κ1) is 18.3. The van der Waals surface area contributed by atoms with Gasteiger partial charge < -0.3 is 9.47 Å². The van der Waals surface area contributed by atoms with E-state index in [0.717, 1.165) is 50.7 Å². The van der Waals surface area contributed by atoms with Gasteiger partial charge in [-0.25, -0.2) is 0 Å². The first-order valence-corrected chi connectivity index (χ1v) is 9.69. The fourth-order valence-electron chi connectivity index (χ4n) is 5.68. The van der Waals surface area contributed by atoms with Crippen molar-refractivity contribution in [2.75, 3.05) is 14.2 Å². The van der Waals surface area contributed by atoms with Crippen LogP contribution in [0.1, 0.15) is 69.6 Å². The number of esters is 1. The molecule has 0 bridgehead atoms. The van der Waals surface area contributed by atoms with Crippen LogP contribution in [0.25, 0.3) is 0 Å². The number of aryl methyl sites for hydroxylation is 2. The standard InChI is InChI=1S/C22H32O3/c1-6-8-16-13-15-9-10-19-21(2,17(15)14-18(16)24-4)11-7-12-22(19,3)20(23)25-5/h13-14,19H,6-12H2,1-5H3/t19-,21-,22-/m0/s1. The lowest BCUT2D eigenvalue weighted by atomic mass is 9.49. The third-order valence-electron chi connectivity index (χ3n) is 6.93. The van der Waals surface area contributed by atoms with E-state index in [4.69, 9.17) is 9.47 Å². The number of methoxy groups -OCH3 is 2. The van der Waals surface area contributed by atoms with E-state index >= 15 is 0 Å². The van der Waals surface area contributed by atoms with Gasteiger partial charge in [-0.3, -0.25) is 4.79 Å². The molecular weight excluding hydrogens is 312 g/mol. The average Bonchev–Trinajstić information content (AvgIpc) is 2.60. The van der Waals surface area contributed by atoms with Crippen LogP contribution in [-0.2, 0) is 27.8 Å². The summed E-state index contributed by atoms with van der Waals surface area (Å²) in [7, 11) is 3.29. The first-order valence-electron chi connectivity index (χ1n) is 9.69. The summed E-state index contributed by atoms with van der Waals surface area (Å²) in [4.78, 5) is 12.6. The summed E-state index contributed by atoms with van der Waals surface area (Å²) < 4.78 is 10.9. The van der Waals surface area contributed by atoms with Crippen molar-refractivity contribution in [2.24, 2.45) is 11.3 Å². The van der Waals surface area contributed by atoms with Crippen molar-refractivity contribution in [3.63, 3.8) is 0 Å². The van der Waals surface area contributed by atoms with Crippen molar-refractivity contribution >= 4 is 5.97 Å². The van der Waals surface area contributed by atoms with E-state index in [9.17, 15) is 4.79 Å². The number of carbonyl (C=O) groups is 1. The van der Waals surface area contributed by atoms with E-state index in [-0.39, 0.29) is 16.8 Å². The fourth-order valence-corrected chi connectivity index (χ4v) is 5.68. The van der Waals surface area contributed by atoms with Crippen molar-refractivity contribution in [2.45, 2.75) is 71.1 Å². The first-order chi connectivity index (χ1) is 11.9. The summed E-state index contributed by atoms with van der Waals surface area (Å²) in [6, 6.07) is 4.64. The molecular formula is C22H32O3. The molecule has 0 aromatic heterocycles. The van der Waals surface area contributed by atoms with Gasteiger partial charge in [-0.1, -0.05) is 32.8 Å². The molecule has 0 spiro atoms. The van der Waals surface area contributed by atoms with Crippen LogP contribution in [0.4, 0.5) is 0 Å². The number of rotatable bonds is 4. The van der Waals surface area contributed by atoms with Gasteiger partial charge in [-0.2, -0.15) is 0 Å². The Morgan fingerprint density at radius 1 is 1.24 bits per heavy atom. The Labute approximate surface area is 152 Å². The lowest BCUT2D eigenvalue weighted by molar-refractivity contribution is -0.161. The van der Waals surface area contributed by atoms with Gasteiger partial charge in [0.15, 0.2) is 0 Å². The van der Waals surface area contributed by atoms with Gasteiger partial charge in [0.1, 0.15) is 5.75 Å². The smallest absolute Gasteiger partial charge is 0.311 e. The lowest BCUT2D eigenvalue weighted by Gasteiger charge is -2.54. The Kier molecular flexibility index (Phi) is 4.87. The molecule has 25 heavy (non-hydrogen) atoms. The highest BCUT2D eigenvalue weighted by Crippen LogP contribution is 2.58. The molecule has 3 atom stereocenters. The molecule has 1 saturated carbocycles. The summed E-state index contributed by atoms with van der Waals surface area (Å²) in [5, 5.41) is 0. The van der Waals surface area contributed by atoms with E-state index in [1.165, 1.54) is 23.8 Å². The molecule has 0 aliphatic heterocycles. The maximum atomic E-state index is 12.6. The maximum Gasteiger partial charge on any atom is 0.311 e. The highest BCUT2D eigenvalue weighted by molar-refractivity contribution is 5.77. The monoisotopic (exact) mass is 344 g/mol. The molecule has 0 N–H and O–H groups in total. The van der Waals surface area contributed by atoms with Crippen LogP contribution in [0.5, 0.6) is 5.75 Å². The second-order valence-corrected chi connectivity index (χ2v) is 8.34. The molecule has 0 heterocycles. The summed E-state index contributed by atoms with van der Waals surface area (Å²) in [6.45, 7) is 6.68. The van der Waals surface area contributed by atoms with Gasteiger partial charge in [-0.05, 0) is 73.1 Å². The van der Waals surface area contributed by atoms with E-state index < -0.39 is 0 Å². The van der Waals surface area contributed by atoms with Gasteiger partial charge in [0.2, 0.25) is 0 Å². The third-order valence-corrected chi connectivity index (χ3v) is 6.93. The zero-order valence-corrected chi connectivity index (χ0v) is 16.4. The van der Waals surface area contributed by atoms with Crippen LogP contribution in [0.2, 0.25) is 0 Å². The second-order valence-electron chi connectivity index (χ2n) is 8.34. The summed E-state index contributed by atoms with van der Waals surface area (Å²) in [5.41, 5.74) is 3.81. The Hall–Kier alpha value is -1.51. The fraction of sp³-hybridized carbons (Fsp3) is 0.682. The number of benzene rings is 1. The SMILES string of the molecule is CCCc1cc2c(cc1OC)[C@]1(C)CCC[C@](C)(C(=O)OC)[C@H]1CC2. The summed E-state index contributed by atoms with van der Waals surface area (Å²) >= 11 is 0. The van der Waals surface area contributed by atoms with Gasteiger partial charge >= 0.3 is 5.97 Å². The molecule has 0 amide bonds. The van der Waals surface area contributed by atoms with Gasteiger partial charge in [0, 0.05) is 0 Å². The number of fused-ring (bicyclic) bond motifs is 3. The molecule has 0 radical (unpaired) electrons. The molecule has 1 fully saturated rings. The predicted octanol–water partition coefficient (Wildman–Crippen LogP) is 4.83. The lowest BCUT2D eigenvalue weighted by Crippen LogP contribution is -2.52. The van der Waals surface area contributed by atoms with Gasteiger partial charge in [0.05, 0.1) is 19.6 Å². The van der Waals surface area contributed by atoms with Crippen molar-refractivity contribution < 1.29 is 14.3 Å². The van der Waals surface area contributed by atoms with Gasteiger partial charge in [0.25, 0.3) is 0 Å². The second kappa shape index (κ2) is 6.66. The molecule has 0 unspecified atom stereocenters. The topological polar surface area (TPSA) is 35.5 Å². The minimum atomic E-state index is -0.380. The highest BCUT2D eigenvalue weighted by atomic mass is 16.5. The third kappa shape index (κ3) is 2.76. The maximum absolute atomic E-state index is 12.6. The molecule has 3 nitrogen and oxygen atoms in total. The van der Waals surface area contributed by atoms with E-state index in [1.54, 1.807) is 7.11 Å². The van der Waals surface area contributed by atoms with Crippen LogP contribution < -0.4 is 4.74 Å². The quantitative estimate of drug-likeness (QED) is 0.734. The number of hydrogen-bond acceptors (Lipinski definition) is 3. The van der Waals surface area contributed by atoms with E-state index in [2.05, 4.69) is 32.9 Å². The predicted molar refractivity (Wildman–Crippen MR) is 100 cm³/mol. The number of hydrogen-bond donors (Lipinski definition) is 0. The van der Waals surface area contributed by atoms with Crippen LogP contribution in [0, 0.1) is 11.3 Å². The van der Waals surface area contributed by atoms with Crippen molar-refractivity contribution in [1.82, 2.24) is 0 Å². The summed E-state index contributed by atoms with van der Waals surface area (Å²) in [6.07, 6.45) is 7.41. The van der Waals surface area contributed by atoms with Crippen molar-refractivity contribution in [1.29, 1.82) is 0 Å². The molecule has 0 saturated heterocycles. The zero-order valence-electron chi connectivity index (χ0n) is 16.4. The van der Waals surface area contributed by atoms with E-state index in [1.807, 2.05) is 0 Å². The molecule has 138 valence electrons. The average molecular weight is 344 g/mol. The normalized spacial score (nSPS) is 31.0. The minimum absolute atomic E-state index is 0.0206. The Morgan fingerprint density at radius 3 is 2.64 bits per heavy atom. The largest absolute Gasteiger partial charge is 0.496 e. The van der Waals surface area contributed by atoms with Gasteiger partial charge in [-0.15, -0.1) is 0 Å². The Bertz CT molecular complexity index is 665. The molecule has 2 aliphatic rings. The van der Waals surface area contributed by atoms with Crippen LogP contribution in [-0.4, -0.2) is 20.2 Å². The van der Waals surface area contributed by atoms with Crippen molar-refractivity contribution in [3.8, 4) is 5.75 Å². The van der Waals surface area contributed by atoms with Crippen LogP contribution in [0.3, 0.4) is 0 Å². The molecule has 3 heteroatoms. The Balaban J connectivity index is 2.09. The Morgan fingerprint density at radius 2 is 2.00 bits per heavy atom. The highest BCUT2D eigenvalue weighted by Gasteiger charge is 2.55. The summed E-state index contributed by atoms with van der Waals surface area (Å²) in [5.74, 6) is 1.30. The molecule has 1 aromatic rings. The van der Waals surface area contributed by atoms with Crippen LogP contribution >= 0.6 is 0 Å². The van der Waals surface area contributed by atoms with Crippen LogP contribution in [0.15, 0.2) is 12.1 Å². The van der Waals surface area contributed by atoms with E-state index in [0.29, 0.717) is 5.92 Å². The number of carbonyl (C=O) groups excluding carboxylic acids is 1. The molecule has 2 aliphatic carbocycles. The minimum Gasteiger partial charge on any atom is -0.496 e. The molecule has 3 rings (SSSR count).